The van der Waals surface area contributed by atoms with E-state index < -0.39 is 12.1 Å². The Bertz CT molecular complexity index is 1770. The van der Waals surface area contributed by atoms with E-state index in [0.29, 0.717) is 34.9 Å². The maximum atomic E-state index is 14.1. The van der Waals surface area contributed by atoms with Crippen LogP contribution >= 0.6 is 15.9 Å². The molecule has 1 saturated carbocycles. The van der Waals surface area contributed by atoms with Gasteiger partial charge in [-0.05, 0) is 104 Å². The SMILES string of the molecule is Cc1ncc(-c2cc(CN(C)C)c3c(c2)c(C(C)O)nn3CC(=O)N2C3C[C@]3(C)C[C@H]2C(=O)Nc2nc(Br)ccc2C)cn1. The van der Waals surface area contributed by atoms with Crippen molar-refractivity contribution in [2.24, 2.45) is 5.41 Å². The highest BCUT2D eigenvalue weighted by Gasteiger charge is 2.64. The average Bonchev–Trinajstić information content (AvgIpc) is 3.31. The van der Waals surface area contributed by atoms with E-state index in [1.54, 1.807) is 28.9 Å². The monoisotopic (exact) mass is 660 g/mol. The van der Waals surface area contributed by atoms with Crippen molar-refractivity contribution in [3.8, 4) is 11.1 Å². The number of hydrogen-bond acceptors (Lipinski definition) is 8. The topological polar surface area (TPSA) is 129 Å². The van der Waals surface area contributed by atoms with Gasteiger partial charge in [-0.3, -0.25) is 14.3 Å². The van der Waals surface area contributed by atoms with Crippen LogP contribution in [0.1, 0.15) is 55.4 Å². The highest BCUT2D eigenvalue weighted by molar-refractivity contribution is 9.10. The molecule has 44 heavy (non-hydrogen) atoms. The number of rotatable bonds is 8. The molecule has 3 aromatic heterocycles. The van der Waals surface area contributed by atoms with E-state index in [1.807, 2.05) is 46.1 Å². The summed E-state index contributed by atoms with van der Waals surface area (Å²) in [4.78, 5) is 44.7. The molecule has 0 bridgehead atoms. The van der Waals surface area contributed by atoms with Crippen molar-refractivity contribution in [2.75, 3.05) is 19.4 Å². The third kappa shape index (κ3) is 5.62. The molecule has 1 saturated heterocycles. The summed E-state index contributed by atoms with van der Waals surface area (Å²) in [5.41, 5.74) is 4.75. The summed E-state index contributed by atoms with van der Waals surface area (Å²) in [6, 6.07) is 7.14. The van der Waals surface area contributed by atoms with Gasteiger partial charge < -0.3 is 20.2 Å². The zero-order valence-corrected chi connectivity index (χ0v) is 27.4. The van der Waals surface area contributed by atoms with Gasteiger partial charge in [-0.1, -0.05) is 13.0 Å². The number of aliphatic hydroxyl groups is 1. The van der Waals surface area contributed by atoms with Crippen molar-refractivity contribution in [3.63, 3.8) is 0 Å². The van der Waals surface area contributed by atoms with Crippen molar-refractivity contribution in [1.29, 1.82) is 0 Å². The maximum absolute atomic E-state index is 14.1. The van der Waals surface area contributed by atoms with Crippen LogP contribution in [0.15, 0.2) is 41.3 Å². The van der Waals surface area contributed by atoms with Crippen LogP contribution in [0.4, 0.5) is 5.82 Å². The second kappa shape index (κ2) is 11.3. The van der Waals surface area contributed by atoms with Crippen LogP contribution in [-0.2, 0) is 22.7 Å². The molecule has 4 aromatic rings. The second-order valence-electron chi connectivity index (χ2n) is 12.7. The lowest BCUT2D eigenvalue weighted by Gasteiger charge is -2.27. The van der Waals surface area contributed by atoms with Crippen molar-refractivity contribution in [3.05, 3.63) is 63.9 Å². The minimum Gasteiger partial charge on any atom is -0.387 e. The molecule has 11 nitrogen and oxygen atoms in total. The number of nitrogens with zero attached hydrogens (tertiary/aromatic N) is 7. The third-order valence-electron chi connectivity index (χ3n) is 8.76. The van der Waals surface area contributed by atoms with E-state index in [2.05, 4.69) is 54.1 Å². The van der Waals surface area contributed by atoms with Gasteiger partial charge >= 0.3 is 0 Å². The minimum absolute atomic E-state index is 0.00485. The molecule has 1 aliphatic heterocycles. The molecule has 230 valence electrons. The Balaban J connectivity index is 1.36. The highest BCUT2D eigenvalue weighted by atomic mass is 79.9. The van der Waals surface area contributed by atoms with Crippen LogP contribution in [-0.4, -0.2) is 77.6 Å². The molecule has 4 heterocycles. The number of carbonyl (C=O) groups is 2. The van der Waals surface area contributed by atoms with Gasteiger partial charge in [-0.15, -0.1) is 0 Å². The normalized spacial score (nSPS) is 21.5. The zero-order chi connectivity index (χ0) is 31.5. The summed E-state index contributed by atoms with van der Waals surface area (Å²) in [5, 5.41) is 19.3. The molecule has 2 N–H and O–H groups in total. The number of piperidine rings is 1. The first kappa shape index (κ1) is 30.3. The molecule has 0 radical (unpaired) electrons. The van der Waals surface area contributed by atoms with Crippen LogP contribution in [0.3, 0.4) is 0 Å². The molecule has 0 spiro atoms. The highest BCUT2D eigenvalue weighted by Crippen LogP contribution is 2.59. The molecule has 2 amide bonds. The lowest BCUT2D eigenvalue weighted by Crippen LogP contribution is -2.47. The summed E-state index contributed by atoms with van der Waals surface area (Å²) in [6.45, 7) is 8.07. The van der Waals surface area contributed by atoms with Gasteiger partial charge in [0.25, 0.3) is 0 Å². The Morgan fingerprint density at radius 3 is 2.57 bits per heavy atom. The average molecular weight is 662 g/mol. The zero-order valence-electron chi connectivity index (χ0n) is 25.8. The number of halogens is 1. The number of amides is 2. The second-order valence-corrected chi connectivity index (χ2v) is 13.5. The Labute approximate surface area is 264 Å². The van der Waals surface area contributed by atoms with Crippen molar-refractivity contribution in [1.82, 2.24) is 34.5 Å². The van der Waals surface area contributed by atoms with Crippen LogP contribution in [0.5, 0.6) is 0 Å². The molecule has 2 unspecified atom stereocenters. The fourth-order valence-corrected chi connectivity index (χ4v) is 6.73. The number of fused-ring (bicyclic) bond motifs is 2. The van der Waals surface area contributed by atoms with Crippen LogP contribution < -0.4 is 5.32 Å². The summed E-state index contributed by atoms with van der Waals surface area (Å²) in [5.74, 6) is 0.741. The van der Waals surface area contributed by atoms with Crippen LogP contribution in [0, 0.1) is 19.3 Å². The largest absolute Gasteiger partial charge is 0.387 e. The Hall–Kier alpha value is -3.74. The molecular formula is C32H37BrN8O3. The van der Waals surface area contributed by atoms with E-state index in [4.69, 9.17) is 5.10 Å². The number of anilines is 1. The summed E-state index contributed by atoms with van der Waals surface area (Å²) >= 11 is 3.38. The van der Waals surface area contributed by atoms with E-state index in [9.17, 15) is 14.7 Å². The third-order valence-corrected chi connectivity index (χ3v) is 9.21. The number of benzene rings is 1. The first-order chi connectivity index (χ1) is 20.8. The Morgan fingerprint density at radius 1 is 1.16 bits per heavy atom. The predicted molar refractivity (Wildman–Crippen MR) is 171 cm³/mol. The van der Waals surface area contributed by atoms with E-state index >= 15 is 0 Å². The number of carbonyl (C=O) groups excluding carboxylic acids is 2. The van der Waals surface area contributed by atoms with Gasteiger partial charge in [-0.25, -0.2) is 15.0 Å². The van der Waals surface area contributed by atoms with Gasteiger partial charge in [0.15, 0.2) is 0 Å². The summed E-state index contributed by atoms with van der Waals surface area (Å²) < 4.78 is 2.32. The molecule has 1 aromatic carbocycles. The first-order valence-electron chi connectivity index (χ1n) is 14.7. The molecule has 12 heteroatoms. The number of aryl methyl sites for hydroxylation is 2. The Kier molecular flexibility index (Phi) is 7.79. The van der Waals surface area contributed by atoms with E-state index in [1.165, 1.54) is 0 Å². The molecule has 2 aliphatic rings. The fraction of sp³-hybridized carbons (Fsp3) is 0.438. The van der Waals surface area contributed by atoms with Crippen LogP contribution in [0.2, 0.25) is 0 Å². The molecule has 1 aliphatic carbocycles. The van der Waals surface area contributed by atoms with Crippen molar-refractivity contribution in [2.45, 2.75) is 71.8 Å². The molecule has 2 fully saturated rings. The quantitative estimate of drug-likeness (QED) is 0.266. The summed E-state index contributed by atoms with van der Waals surface area (Å²) in [6.07, 6.45) is 4.17. The standard InChI is InChI=1S/C32H37BrN8O3/c1-17-7-8-26(33)36-30(17)37-31(44)24-11-32(4)12-25(32)41(24)27(43)16-40-29-21(15-39(5)6)9-20(22-13-34-19(3)35-14-22)10-23(29)28(38-40)18(2)42/h7-10,13-14,18,24-25,42H,11-12,15-16H2,1-6H3,(H,36,37,44)/t18?,24-,25?,32-/m0/s1. The van der Waals surface area contributed by atoms with E-state index in [-0.39, 0.29) is 29.8 Å². The first-order valence-corrected chi connectivity index (χ1v) is 15.5. The number of pyridine rings is 1. The van der Waals surface area contributed by atoms with Gasteiger partial charge in [0, 0.05) is 35.9 Å². The fourth-order valence-electron chi connectivity index (χ4n) is 6.42. The van der Waals surface area contributed by atoms with Crippen molar-refractivity contribution < 1.29 is 14.7 Å². The van der Waals surface area contributed by atoms with E-state index in [0.717, 1.165) is 39.6 Å². The molecular weight excluding hydrogens is 624 g/mol. The predicted octanol–water partition coefficient (Wildman–Crippen LogP) is 4.40. The number of aromatic nitrogens is 5. The van der Waals surface area contributed by atoms with Gasteiger partial charge in [0.2, 0.25) is 11.8 Å². The number of nitrogens with one attached hydrogen (secondary N) is 1. The van der Waals surface area contributed by atoms with Gasteiger partial charge in [-0.2, -0.15) is 5.10 Å². The smallest absolute Gasteiger partial charge is 0.248 e. The maximum Gasteiger partial charge on any atom is 0.248 e. The number of hydrogen-bond donors (Lipinski definition) is 2. The van der Waals surface area contributed by atoms with Gasteiger partial charge in [0.1, 0.15) is 28.8 Å². The Morgan fingerprint density at radius 2 is 1.89 bits per heavy atom. The number of likely N-dealkylation sites (tertiary alicyclic amines) is 1. The van der Waals surface area contributed by atoms with Crippen molar-refractivity contribution >= 4 is 44.5 Å². The lowest BCUT2D eigenvalue weighted by atomic mass is 9.99. The number of aliphatic hydroxyl groups excluding tert-OH is 1. The molecule has 6 rings (SSSR count). The lowest BCUT2D eigenvalue weighted by molar-refractivity contribution is -0.138. The summed E-state index contributed by atoms with van der Waals surface area (Å²) in [7, 11) is 3.97. The van der Waals surface area contributed by atoms with Gasteiger partial charge in [0.05, 0.1) is 17.3 Å². The molecule has 4 atom stereocenters. The minimum atomic E-state index is -0.858. The van der Waals surface area contributed by atoms with Crippen LogP contribution in [0.25, 0.3) is 22.0 Å².